The van der Waals surface area contributed by atoms with E-state index >= 15 is 0 Å². The second-order valence-corrected chi connectivity index (χ2v) is 5.14. The van der Waals surface area contributed by atoms with Gasteiger partial charge in [0, 0.05) is 27.5 Å². The summed E-state index contributed by atoms with van der Waals surface area (Å²) in [7, 11) is 0. The summed E-state index contributed by atoms with van der Waals surface area (Å²) in [6, 6.07) is 12.6. The van der Waals surface area contributed by atoms with Gasteiger partial charge in [-0.15, -0.1) is 4.91 Å². The lowest BCUT2D eigenvalue weighted by Crippen LogP contribution is -1.83. The van der Waals surface area contributed by atoms with E-state index in [0.29, 0.717) is 22.3 Å². The molecule has 4 rings (SSSR count). The number of benzene rings is 2. The van der Waals surface area contributed by atoms with Crippen LogP contribution in [0.25, 0.3) is 33.1 Å². The Kier molecular flexibility index (Phi) is 2.47. The molecule has 0 saturated heterocycles. The van der Waals surface area contributed by atoms with E-state index in [4.69, 9.17) is 5.73 Å². The topological polar surface area (TPSA) is 107 Å². The summed E-state index contributed by atoms with van der Waals surface area (Å²) in [4.78, 5) is 17.4. The number of nitrogen functional groups attached to an aromatic ring is 1. The highest BCUT2D eigenvalue weighted by molar-refractivity contribution is 6.07. The van der Waals surface area contributed by atoms with Crippen molar-refractivity contribution in [3.63, 3.8) is 0 Å². The number of nitrogens with zero attached hydrogens (tertiary/aromatic N) is 1. The van der Waals surface area contributed by atoms with Gasteiger partial charge in [-0.05, 0) is 29.4 Å². The van der Waals surface area contributed by atoms with Crippen LogP contribution in [0.1, 0.15) is 0 Å². The summed E-state index contributed by atoms with van der Waals surface area (Å²) in [5.74, 6) is -0.0305. The Labute approximate surface area is 124 Å². The fraction of sp³-hybridized carbons (Fsp3) is 0. The van der Waals surface area contributed by atoms with Crippen molar-refractivity contribution in [3.05, 3.63) is 47.4 Å². The molecular weight excluding hydrogens is 280 g/mol. The molecule has 0 unspecified atom stereocenters. The molecule has 0 atom stereocenters. The van der Waals surface area contributed by atoms with Gasteiger partial charge in [0.05, 0.1) is 11.3 Å². The monoisotopic (exact) mass is 292 g/mol. The van der Waals surface area contributed by atoms with E-state index in [1.54, 1.807) is 18.2 Å². The maximum atomic E-state index is 11.3. The van der Waals surface area contributed by atoms with Crippen LogP contribution in [0.5, 0.6) is 5.88 Å². The van der Waals surface area contributed by atoms with Crippen LogP contribution in [0.15, 0.2) is 47.6 Å². The van der Waals surface area contributed by atoms with Crippen molar-refractivity contribution >= 4 is 33.2 Å². The molecule has 0 saturated carbocycles. The van der Waals surface area contributed by atoms with Crippen LogP contribution in [0.4, 0.5) is 11.4 Å². The van der Waals surface area contributed by atoms with Gasteiger partial charge >= 0.3 is 0 Å². The van der Waals surface area contributed by atoms with E-state index in [0.717, 1.165) is 16.4 Å². The van der Waals surface area contributed by atoms with Gasteiger partial charge < -0.3 is 20.8 Å². The summed E-state index contributed by atoms with van der Waals surface area (Å²) in [6.07, 6.45) is 0. The molecule has 0 fully saturated rings. The molecule has 0 spiro atoms. The lowest BCUT2D eigenvalue weighted by molar-refractivity contribution is 0.460. The Hall–Kier alpha value is -3.28. The zero-order valence-electron chi connectivity index (χ0n) is 11.4. The lowest BCUT2D eigenvalue weighted by atomic mass is 10.1. The highest BCUT2D eigenvalue weighted by Gasteiger charge is 2.21. The van der Waals surface area contributed by atoms with Gasteiger partial charge in [0.2, 0.25) is 0 Å². The standard InChI is InChI=1S/C16H12N4O2/c17-8-5-6-12-10(7-8)13(16(21)19-12)15-14(20-22)9-3-1-2-4-11(9)18-15/h1-7,18-19,21H,17H2. The Balaban J connectivity index is 2.13. The van der Waals surface area contributed by atoms with Crippen molar-refractivity contribution in [2.75, 3.05) is 5.73 Å². The first-order valence-electron chi connectivity index (χ1n) is 6.73. The van der Waals surface area contributed by atoms with Crippen LogP contribution in [0, 0.1) is 4.91 Å². The van der Waals surface area contributed by atoms with Crippen LogP contribution in [-0.4, -0.2) is 15.1 Å². The zero-order valence-corrected chi connectivity index (χ0v) is 11.4. The predicted molar refractivity (Wildman–Crippen MR) is 87.1 cm³/mol. The molecule has 0 aliphatic rings. The summed E-state index contributed by atoms with van der Waals surface area (Å²) in [5.41, 5.74) is 9.17. The number of aromatic hydroxyl groups is 1. The van der Waals surface area contributed by atoms with Crippen LogP contribution in [0.2, 0.25) is 0 Å². The number of nitrogens with two attached hydrogens (primary N) is 1. The highest BCUT2D eigenvalue weighted by Crippen LogP contribution is 2.44. The molecule has 0 aliphatic heterocycles. The van der Waals surface area contributed by atoms with E-state index in [9.17, 15) is 10.0 Å². The van der Waals surface area contributed by atoms with Crippen LogP contribution in [0.3, 0.4) is 0 Å². The van der Waals surface area contributed by atoms with Gasteiger partial charge in [0.1, 0.15) is 5.69 Å². The van der Waals surface area contributed by atoms with Gasteiger partial charge in [-0.2, -0.15) is 0 Å². The first kappa shape index (κ1) is 12.5. The molecule has 22 heavy (non-hydrogen) atoms. The number of aromatic amines is 2. The van der Waals surface area contributed by atoms with E-state index in [-0.39, 0.29) is 11.6 Å². The summed E-state index contributed by atoms with van der Waals surface area (Å²) >= 11 is 0. The minimum atomic E-state index is -0.0305. The number of nitroso groups, excluding NO2 is 1. The second kappa shape index (κ2) is 4.36. The fourth-order valence-corrected chi connectivity index (χ4v) is 2.85. The van der Waals surface area contributed by atoms with Crippen molar-refractivity contribution in [3.8, 4) is 17.1 Å². The number of aromatic nitrogens is 2. The minimum absolute atomic E-state index is 0.0305. The summed E-state index contributed by atoms with van der Waals surface area (Å²) < 4.78 is 0. The SMILES string of the molecule is Nc1ccc2[nH]c(O)c(-c3[nH]c4ccccc4c3N=O)c2c1. The molecule has 0 bridgehead atoms. The molecule has 0 radical (unpaired) electrons. The summed E-state index contributed by atoms with van der Waals surface area (Å²) in [5, 5.41) is 14.9. The first-order chi connectivity index (χ1) is 10.7. The molecular formula is C16H12N4O2. The average molecular weight is 292 g/mol. The van der Waals surface area contributed by atoms with Crippen LogP contribution >= 0.6 is 0 Å². The number of fused-ring (bicyclic) bond motifs is 2. The molecule has 0 amide bonds. The largest absolute Gasteiger partial charge is 0.494 e. The number of para-hydroxylation sites is 1. The predicted octanol–water partition coefficient (Wildman–Crippen LogP) is 4.00. The zero-order chi connectivity index (χ0) is 15.3. The molecule has 2 heterocycles. The van der Waals surface area contributed by atoms with Crippen molar-refractivity contribution in [2.45, 2.75) is 0 Å². The normalized spacial score (nSPS) is 11.3. The third kappa shape index (κ3) is 1.61. The van der Waals surface area contributed by atoms with Gasteiger partial charge in [0.15, 0.2) is 5.88 Å². The Morgan fingerprint density at radius 1 is 1.00 bits per heavy atom. The number of hydrogen-bond donors (Lipinski definition) is 4. The lowest BCUT2D eigenvalue weighted by Gasteiger charge is -1.99. The molecule has 4 aromatic rings. The third-order valence-electron chi connectivity index (χ3n) is 3.82. The van der Waals surface area contributed by atoms with Gasteiger partial charge in [0.25, 0.3) is 0 Å². The Bertz CT molecular complexity index is 1030. The Morgan fingerprint density at radius 2 is 1.77 bits per heavy atom. The quantitative estimate of drug-likeness (QED) is 0.331. The van der Waals surface area contributed by atoms with Gasteiger partial charge in [-0.1, -0.05) is 18.2 Å². The van der Waals surface area contributed by atoms with E-state index in [2.05, 4.69) is 15.1 Å². The number of hydrogen-bond acceptors (Lipinski definition) is 4. The van der Waals surface area contributed by atoms with E-state index in [1.807, 2.05) is 24.3 Å². The number of nitrogens with one attached hydrogen (secondary N) is 2. The molecule has 108 valence electrons. The summed E-state index contributed by atoms with van der Waals surface area (Å²) in [6.45, 7) is 0. The van der Waals surface area contributed by atoms with Gasteiger partial charge in [-0.3, -0.25) is 0 Å². The molecule has 2 aromatic carbocycles. The second-order valence-electron chi connectivity index (χ2n) is 5.14. The van der Waals surface area contributed by atoms with Crippen LogP contribution < -0.4 is 5.73 Å². The maximum absolute atomic E-state index is 11.3. The smallest absolute Gasteiger partial charge is 0.199 e. The van der Waals surface area contributed by atoms with Crippen molar-refractivity contribution in [1.29, 1.82) is 0 Å². The van der Waals surface area contributed by atoms with Crippen molar-refractivity contribution < 1.29 is 5.11 Å². The first-order valence-corrected chi connectivity index (χ1v) is 6.73. The molecule has 6 nitrogen and oxygen atoms in total. The van der Waals surface area contributed by atoms with E-state index < -0.39 is 0 Å². The van der Waals surface area contributed by atoms with Gasteiger partial charge in [-0.25, -0.2) is 0 Å². The number of H-pyrrole nitrogens is 2. The fourth-order valence-electron chi connectivity index (χ4n) is 2.85. The highest BCUT2D eigenvalue weighted by atomic mass is 16.3. The number of rotatable bonds is 2. The van der Waals surface area contributed by atoms with Crippen LogP contribution in [-0.2, 0) is 0 Å². The molecule has 6 heteroatoms. The molecule has 2 aromatic heterocycles. The third-order valence-corrected chi connectivity index (χ3v) is 3.82. The minimum Gasteiger partial charge on any atom is -0.494 e. The number of anilines is 1. The maximum Gasteiger partial charge on any atom is 0.199 e. The molecule has 0 aliphatic carbocycles. The average Bonchev–Trinajstić information content (AvgIpc) is 3.03. The Morgan fingerprint density at radius 3 is 2.59 bits per heavy atom. The van der Waals surface area contributed by atoms with Crippen molar-refractivity contribution in [2.24, 2.45) is 5.18 Å². The molecule has 5 N–H and O–H groups in total. The van der Waals surface area contributed by atoms with E-state index in [1.165, 1.54) is 0 Å². The van der Waals surface area contributed by atoms with Crippen molar-refractivity contribution in [1.82, 2.24) is 9.97 Å².